The number of nitrogens with two attached hydrogens (primary N) is 1. The molecule has 0 fully saturated rings. The molecule has 5 heteroatoms. The third-order valence-corrected chi connectivity index (χ3v) is 4.51. The molecule has 0 unspecified atom stereocenters. The van der Waals surface area contributed by atoms with Crippen molar-refractivity contribution in [3.05, 3.63) is 59.2 Å². The Morgan fingerprint density at radius 3 is 2.76 bits per heavy atom. The van der Waals surface area contributed by atoms with Crippen molar-refractivity contribution in [2.75, 3.05) is 19.0 Å². The van der Waals surface area contributed by atoms with Gasteiger partial charge in [-0.05, 0) is 60.9 Å². The molecule has 4 nitrogen and oxygen atoms in total. The molecule has 2 aromatic rings. The van der Waals surface area contributed by atoms with E-state index in [1.54, 1.807) is 7.11 Å². The van der Waals surface area contributed by atoms with Crippen LogP contribution < -0.4 is 15.8 Å². The molecule has 2 aromatic carbocycles. The molecule has 1 aliphatic rings. The maximum absolute atomic E-state index is 6.08. The number of aryl methyl sites for hydroxylation is 1. The van der Waals surface area contributed by atoms with Crippen LogP contribution in [0, 0.1) is 0 Å². The molecular weight excluding hydrogens is 425 g/mol. The summed E-state index contributed by atoms with van der Waals surface area (Å²) in [5.41, 5.74) is 11.2. The minimum absolute atomic E-state index is 0. The zero-order chi connectivity index (χ0) is 16.8. The van der Waals surface area contributed by atoms with E-state index >= 15 is 0 Å². The summed E-state index contributed by atoms with van der Waals surface area (Å²) < 4.78 is 5.37. The topological polar surface area (TPSA) is 59.6 Å². The van der Waals surface area contributed by atoms with Gasteiger partial charge in [-0.3, -0.25) is 4.99 Å². The zero-order valence-corrected chi connectivity index (χ0v) is 17.0. The summed E-state index contributed by atoms with van der Waals surface area (Å²) in [7, 11) is 1.69. The van der Waals surface area contributed by atoms with Gasteiger partial charge in [0, 0.05) is 12.2 Å². The minimum Gasteiger partial charge on any atom is -0.496 e. The normalized spacial score (nSPS) is 13.6. The molecule has 3 N–H and O–H groups in total. The maximum Gasteiger partial charge on any atom is 0.193 e. The molecule has 0 atom stereocenters. The van der Waals surface area contributed by atoms with Crippen LogP contribution in [0.15, 0.2) is 47.5 Å². The number of methoxy groups -OCH3 is 1. The Labute approximate surface area is 166 Å². The Bertz CT molecular complexity index is 731. The Hall–Kier alpha value is -1.76. The highest BCUT2D eigenvalue weighted by atomic mass is 127. The number of guanidine groups is 1. The second-order valence-corrected chi connectivity index (χ2v) is 6.10. The molecule has 0 radical (unpaired) electrons. The molecular formula is C20H26IN3O. The lowest BCUT2D eigenvalue weighted by molar-refractivity contribution is 0.410. The van der Waals surface area contributed by atoms with Gasteiger partial charge in [0.1, 0.15) is 5.75 Å². The Balaban J connectivity index is 0.00000225. The lowest BCUT2D eigenvalue weighted by Crippen LogP contribution is -2.24. The number of nitrogens with zero attached hydrogens (tertiary/aromatic N) is 1. The number of fused-ring (bicyclic) bond motifs is 1. The lowest BCUT2D eigenvalue weighted by Gasteiger charge is -2.19. The van der Waals surface area contributed by atoms with E-state index in [9.17, 15) is 0 Å². The standard InChI is InChI=1S/C20H25N3O.HI/c1-24-19-12-5-3-8-16(19)13-14-22-20(21)23-18-11-6-9-15-7-2-4-10-17(15)18;/h3,5-6,8-9,11-12H,2,4,7,10,13-14H2,1H3,(H3,21,22,23);1H. The summed E-state index contributed by atoms with van der Waals surface area (Å²) in [5, 5.41) is 3.28. The smallest absolute Gasteiger partial charge is 0.193 e. The van der Waals surface area contributed by atoms with Crippen molar-refractivity contribution >= 4 is 35.6 Å². The van der Waals surface area contributed by atoms with Crippen LogP contribution in [-0.4, -0.2) is 19.6 Å². The number of ether oxygens (including phenoxy) is 1. The summed E-state index contributed by atoms with van der Waals surface area (Å²) in [6.07, 6.45) is 5.61. The Kier molecular flexibility index (Phi) is 7.55. The number of halogens is 1. The van der Waals surface area contributed by atoms with E-state index in [1.165, 1.54) is 24.0 Å². The number of hydrogen-bond donors (Lipinski definition) is 2. The quantitative estimate of drug-likeness (QED) is 0.408. The van der Waals surface area contributed by atoms with E-state index in [0.717, 1.165) is 36.3 Å². The van der Waals surface area contributed by atoms with Crippen LogP contribution >= 0.6 is 24.0 Å². The van der Waals surface area contributed by atoms with Crippen LogP contribution in [0.3, 0.4) is 0 Å². The van der Waals surface area contributed by atoms with Gasteiger partial charge >= 0.3 is 0 Å². The van der Waals surface area contributed by atoms with Gasteiger partial charge in [0.2, 0.25) is 0 Å². The molecule has 0 spiro atoms. The fourth-order valence-electron chi connectivity index (χ4n) is 3.28. The van der Waals surface area contributed by atoms with Gasteiger partial charge in [-0.2, -0.15) is 0 Å². The molecule has 0 bridgehead atoms. The highest BCUT2D eigenvalue weighted by molar-refractivity contribution is 14.0. The molecule has 3 rings (SSSR count). The van der Waals surface area contributed by atoms with Crippen molar-refractivity contribution in [3.8, 4) is 5.75 Å². The third kappa shape index (κ3) is 5.11. The molecule has 134 valence electrons. The fraction of sp³-hybridized carbons (Fsp3) is 0.350. The van der Waals surface area contributed by atoms with Gasteiger partial charge in [-0.15, -0.1) is 24.0 Å². The zero-order valence-electron chi connectivity index (χ0n) is 14.6. The summed E-state index contributed by atoms with van der Waals surface area (Å²) in [4.78, 5) is 4.47. The van der Waals surface area contributed by atoms with Crippen LogP contribution in [0.5, 0.6) is 5.75 Å². The van der Waals surface area contributed by atoms with Crippen molar-refractivity contribution in [3.63, 3.8) is 0 Å². The summed E-state index contributed by atoms with van der Waals surface area (Å²) in [6.45, 7) is 0.633. The maximum atomic E-state index is 6.08. The van der Waals surface area contributed by atoms with Crippen LogP contribution in [0.4, 0.5) is 5.69 Å². The van der Waals surface area contributed by atoms with Crippen LogP contribution in [0.25, 0.3) is 0 Å². The third-order valence-electron chi connectivity index (χ3n) is 4.51. The van der Waals surface area contributed by atoms with Gasteiger partial charge < -0.3 is 15.8 Å². The first-order valence-corrected chi connectivity index (χ1v) is 8.57. The first kappa shape index (κ1) is 19.6. The van der Waals surface area contributed by atoms with E-state index < -0.39 is 0 Å². The van der Waals surface area contributed by atoms with E-state index in [1.807, 2.05) is 18.2 Å². The van der Waals surface area contributed by atoms with Crippen LogP contribution in [0.2, 0.25) is 0 Å². The number of aliphatic imine (C=N–C) groups is 1. The number of benzene rings is 2. The predicted octanol–water partition coefficient (Wildman–Crippen LogP) is 4.16. The summed E-state index contributed by atoms with van der Waals surface area (Å²) in [5.74, 6) is 1.38. The number of para-hydroxylation sites is 1. The van der Waals surface area contributed by atoms with E-state index in [-0.39, 0.29) is 24.0 Å². The first-order valence-electron chi connectivity index (χ1n) is 8.57. The summed E-state index contributed by atoms with van der Waals surface area (Å²) >= 11 is 0. The highest BCUT2D eigenvalue weighted by Crippen LogP contribution is 2.27. The van der Waals surface area contributed by atoms with Gasteiger partial charge in [0.05, 0.1) is 7.11 Å². The average Bonchev–Trinajstić information content (AvgIpc) is 2.62. The molecule has 0 heterocycles. The molecule has 0 saturated heterocycles. The van der Waals surface area contributed by atoms with Gasteiger partial charge in [0.25, 0.3) is 0 Å². The van der Waals surface area contributed by atoms with Crippen LogP contribution in [-0.2, 0) is 19.3 Å². The molecule has 0 amide bonds. The molecule has 25 heavy (non-hydrogen) atoms. The number of rotatable bonds is 5. The Morgan fingerprint density at radius 2 is 1.92 bits per heavy atom. The van der Waals surface area contributed by atoms with Crippen molar-refractivity contribution in [2.45, 2.75) is 32.1 Å². The fourth-order valence-corrected chi connectivity index (χ4v) is 3.28. The SMILES string of the molecule is COc1ccccc1CCN=C(N)Nc1cccc2c1CCCC2.I. The number of nitrogens with one attached hydrogen (secondary N) is 1. The largest absolute Gasteiger partial charge is 0.496 e. The van der Waals surface area contributed by atoms with Crippen molar-refractivity contribution in [2.24, 2.45) is 10.7 Å². The highest BCUT2D eigenvalue weighted by Gasteiger charge is 2.13. The second kappa shape index (κ2) is 9.65. The minimum atomic E-state index is 0. The molecule has 0 aliphatic heterocycles. The molecule has 0 saturated carbocycles. The number of hydrogen-bond acceptors (Lipinski definition) is 2. The first-order chi connectivity index (χ1) is 11.8. The second-order valence-electron chi connectivity index (χ2n) is 6.10. The summed E-state index contributed by atoms with van der Waals surface area (Å²) in [6, 6.07) is 14.4. The number of anilines is 1. The van der Waals surface area contributed by atoms with E-state index in [4.69, 9.17) is 10.5 Å². The van der Waals surface area contributed by atoms with E-state index in [2.05, 4.69) is 34.6 Å². The van der Waals surface area contributed by atoms with Crippen molar-refractivity contribution < 1.29 is 4.74 Å². The van der Waals surface area contributed by atoms with E-state index in [0.29, 0.717) is 12.5 Å². The molecule has 0 aromatic heterocycles. The predicted molar refractivity (Wildman–Crippen MR) is 115 cm³/mol. The van der Waals surface area contributed by atoms with Crippen molar-refractivity contribution in [1.29, 1.82) is 0 Å². The monoisotopic (exact) mass is 451 g/mol. The van der Waals surface area contributed by atoms with Gasteiger partial charge in [-0.1, -0.05) is 30.3 Å². The Morgan fingerprint density at radius 1 is 1.12 bits per heavy atom. The van der Waals surface area contributed by atoms with Crippen LogP contribution in [0.1, 0.15) is 29.5 Å². The van der Waals surface area contributed by atoms with Gasteiger partial charge in [0.15, 0.2) is 5.96 Å². The molecule has 1 aliphatic carbocycles. The van der Waals surface area contributed by atoms with Gasteiger partial charge in [-0.25, -0.2) is 0 Å². The average molecular weight is 451 g/mol. The van der Waals surface area contributed by atoms with Crippen molar-refractivity contribution in [1.82, 2.24) is 0 Å². The lowest BCUT2D eigenvalue weighted by atomic mass is 9.90.